The zero-order valence-electron chi connectivity index (χ0n) is 18.5. The lowest BCUT2D eigenvalue weighted by Crippen LogP contribution is -2.40. The fourth-order valence-electron chi connectivity index (χ4n) is 3.93. The number of urea groups is 1. The molecule has 0 atom stereocenters. The van der Waals surface area contributed by atoms with Crippen molar-refractivity contribution in [1.82, 2.24) is 19.7 Å². The van der Waals surface area contributed by atoms with Gasteiger partial charge in [-0.05, 0) is 17.7 Å². The van der Waals surface area contributed by atoms with Crippen LogP contribution in [0.3, 0.4) is 0 Å². The topological polar surface area (TPSA) is 90.9 Å². The predicted octanol–water partition coefficient (Wildman–Crippen LogP) is 2.44. The minimum absolute atomic E-state index is 0.0227. The van der Waals surface area contributed by atoms with Crippen molar-refractivity contribution in [3.63, 3.8) is 0 Å². The first kappa shape index (κ1) is 25.0. The van der Waals surface area contributed by atoms with Gasteiger partial charge < -0.3 is 4.90 Å². The minimum Gasteiger partial charge on any atom is -0.311 e. The van der Waals surface area contributed by atoms with Crippen LogP contribution in [-0.2, 0) is 27.7 Å². The maximum atomic E-state index is 14.3. The number of nitrogens with zero attached hydrogens (tertiary/aromatic N) is 4. The average molecular weight is 515 g/mol. The van der Waals surface area contributed by atoms with Crippen LogP contribution in [0.5, 0.6) is 0 Å². The Hall–Kier alpha value is -3.06. The lowest BCUT2D eigenvalue weighted by Gasteiger charge is -2.26. The standard InChI is InChI=1S/C22H22F4N4O4S/c23-17-5-6-18(27-19(17)12-28-7-9-35(33,34)10-8-28)16-3-1-15(2-4-16)11-29-13-20(31)30(21(29)32)14-22(24,25)26/h1-6H,7-14H2. The van der Waals surface area contributed by atoms with Gasteiger partial charge in [-0.2, -0.15) is 13.2 Å². The average Bonchev–Trinajstić information content (AvgIpc) is 3.03. The molecule has 13 heteroatoms. The molecule has 35 heavy (non-hydrogen) atoms. The predicted molar refractivity (Wildman–Crippen MR) is 117 cm³/mol. The number of sulfone groups is 1. The van der Waals surface area contributed by atoms with Gasteiger partial charge in [0.25, 0.3) is 5.91 Å². The van der Waals surface area contributed by atoms with E-state index in [-0.39, 0.29) is 35.2 Å². The van der Waals surface area contributed by atoms with Gasteiger partial charge in [0, 0.05) is 31.7 Å². The SMILES string of the molecule is O=C1CN(Cc2ccc(-c3ccc(F)c(CN4CCS(=O)(=O)CC4)n3)cc2)C(=O)N1CC(F)(F)F. The molecule has 0 saturated carbocycles. The molecule has 1 aromatic carbocycles. The molecule has 1 aromatic heterocycles. The van der Waals surface area contributed by atoms with Gasteiger partial charge in [0.15, 0.2) is 9.84 Å². The smallest absolute Gasteiger partial charge is 0.311 e. The molecule has 188 valence electrons. The zero-order chi connectivity index (χ0) is 25.4. The molecule has 0 radical (unpaired) electrons. The first-order valence-electron chi connectivity index (χ1n) is 10.7. The molecule has 4 rings (SSSR count). The van der Waals surface area contributed by atoms with Gasteiger partial charge in [0.05, 0.1) is 22.9 Å². The molecule has 2 aliphatic heterocycles. The van der Waals surface area contributed by atoms with E-state index < -0.39 is 46.9 Å². The molecule has 2 fully saturated rings. The number of halogens is 4. The summed E-state index contributed by atoms with van der Waals surface area (Å²) in [5, 5.41) is 0. The first-order chi connectivity index (χ1) is 16.4. The summed E-state index contributed by atoms with van der Waals surface area (Å²) in [5.74, 6) is -1.36. The maximum Gasteiger partial charge on any atom is 0.406 e. The Bertz CT molecular complexity index is 1220. The maximum absolute atomic E-state index is 14.3. The Morgan fingerprint density at radius 2 is 1.60 bits per heavy atom. The number of rotatable bonds is 6. The highest BCUT2D eigenvalue weighted by atomic mass is 32.2. The molecular formula is C22H22F4N4O4S. The van der Waals surface area contributed by atoms with E-state index in [1.54, 1.807) is 24.3 Å². The number of hydrogen-bond donors (Lipinski definition) is 0. The summed E-state index contributed by atoms with van der Waals surface area (Å²) in [6.07, 6.45) is -4.67. The lowest BCUT2D eigenvalue weighted by molar-refractivity contribution is -0.151. The Kier molecular flexibility index (Phi) is 6.82. The number of carbonyl (C=O) groups is 2. The van der Waals surface area contributed by atoms with Gasteiger partial charge in [0.2, 0.25) is 0 Å². The summed E-state index contributed by atoms with van der Waals surface area (Å²) in [6, 6.07) is 8.47. The highest BCUT2D eigenvalue weighted by molar-refractivity contribution is 7.91. The van der Waals surface area contributed by atoms with Crippen LogP contribution in [0.4, 0.5) is 22.4 Å². The van der Waals surface area contributed by atoms with E-state index in [2.05, 4.69) is 4.98 Å². The summed E-state index contributed by atoms with van der Waals surface area (Å²) < 4.78 is 75.4. The van der Waals surface area contributed by atoms with E-state index in [0.717, 1.165) is 4.90 Å². The van der Waals surface area contributed by atoms with Gasteiger partial charge in [0.1, 0.15) is 18.9 Å². The van der Waals surface area contributed by atoms with Crippen LogP contribution in [0.15, 0.2) is 36.4 Å². The Morgan fingerprint density at radius 1 is 0.943 bits per heavy atom. The number of imide groups is 1. The van der Waals surface area contributed by atoms with Gasteiger partial charge in [-0.1, -0.05) is 24.3 Å². The van der Waals surface area contributed by atoms with Crippen LogP contribution < -0.4 is 0 Å². The van der Waals surface area contributed by atoms with E-state index in [1.165, 1.54) is 12.1 Å². The normalized spacial score (nSPS) is 19.0. The summed E-state index contributed by atoms with van der Waals surface area (Å²) in [7, 11) is -3.05. The highest BCUT2D eigenvalue weighted by Crippen LogP contribution is 2.24. The molecule has 0 N–H and O–H groups in total. The summed E-state index contributed by atoms with van der Waals surface area (Å²) in [5.41, 5.74) is 1.93. The number of alkyl halides is 3. The van der Waals surface area contributed by atoms with Crippen LogP contribution in [-0.4, -0.2) is 83.9 Å². The minimum atomic E-state index is -4.67. The van der Waals surface area contributed by atoms with Gasteiger partial charge in [-0.25, -0.2) is 22.6 Å². The Balaban J connectivity index is 1.42. The molecular weight excluding hydrogens is 492 g/mol. The van der Waals surface area contributed by atoms with E-state index >= 15 is 0 Å². The third-order valence-electron chi connectivity index (χ3n) is 5.82. The number of hydrogen-bond acceptors (Lipinski definition) is 6. The van der Waals surface area contributed by atoms with Gasteiger partial charge >= 0.3 is 12.2 Å². The number of aromatic nitrogens is 1. The highest BCUT2D eigenvalue weighted by Gasteiger charge is 2.42. The largest absolute Gasteiger partial charge is 0.406 e. The van der Waals surface area contributed by atoms with Crippen LogP contribution in [0.1, 0.15) is 11.3 Å². The molecule has 8 nitrogen and oxygen atoms in total. The van der Waals surface area contributed by atoms with E-state index in [1.807, 2.05) is 4.90 Å². The van der Waals surface area contributed by atoms with E-state index in [4.69, 9.17) is 0 Å². The second-order valence-electron chi connectivity index (χ2n) is 8.48. The second-order valence-corrected chi connectivity index (χ2v) is 10.8. The second kappa shape index (κ2) is 9.53. The number of amides is 3. The molecule has 2 aliphatic rings. The Labute approximate surface area is 199 Å². The fourth-order valence-corrected chi connectivity index (χ4v) is 5.21. The van der Waals surface area contributed by atoms with Crippen molar-refractivity contribution >= 4 is 21.8 Å². The Morgan fingerprint density at radius 3 is 2.23 bits per heavy atom. The zero-order valence-corrected chi connectivity index (χ0v) is 19.3. The van der Waals surface area contributed by atoms with Crippen LogP contribution in [0, 0.1) is 5.82 Å². The molecule has 3 heterocycles. The van der Waals surface area contributed by atoms with E-state index in [0.29, 0.717) is 29.9 Å². The summed E-state index contributed by atoms with van der Waals surface area (Å²) in [6.45, 7) is -1.31. The van der Waals surface area contributed by atoms with Crippen LogP contribution in [0.2, 0.25) is 0 Å². The van der Waals surface area contributed by atoms with Crippen molar-refractivity contribution in [3.05, 3.63) is 53.5 Å². The van der Waals surface area contributed by atoms with Crippen molar-refractivity contribution in [3.8, 4) is 11.3 Å². The van der Waals surface area contributed by atoms with Gasteiger partial charge in [-0.3, -0.25) is 14.6 Å². The number of carbonyl (C=O) groups excluding carboxylic acids is 2. The lowest BCUT2D eigenvalue weighted by atomic mass is 10.1. The van der Waals surface area contributed by atoms with Crippen molar-refractivity contribution in [2.75, 3.05) is 37.7 Å². The molecule has 0 aliphatic carbocycles. The fraction of sp³-hybridized carbons (Fsp3) is 0.409. The van der Waals surface area contributed by atoms with Gasteiger partial charge in [-0.15, -0.1) is 0 Å². The molecule has 0 unspecified atom stereocenters. The van der Waals surface area contributed by atoms with Crippen LogP contribution in [0.25, 0.3) is 11.3 Å². The number of benzene rings is 1. The molecule has 3 amide bonds. The molecule has 0 bridgehead atoms. The molecule has 0 spiro atoms. The van der Waals surface area contributed by atoms with Crippen molar-refractivity contribution < 1.29 is 35.6 Å². The van der Waals surface area contributed by atoms with Crippen molar-refractivity contribution in [1.29, 1.82) is 0 Å². The first-order valence-corrected chi connectivity index (χ1v) is 12.6. The molecule has 2 aromatic rings. The summed E-state index contributed by atoms with van der Waals surface area (Å²) in [4.78, 5) is 31.5. The van der Waals surface area contributed by atoms with E-state index in [9.17, 15) is 35.6 Å². The number of pyridine rings is 1. The van der Waals surface area contributed by atoms with Crippen molar-refractivity contribution in [2.45, 2.75) is 19.3 Å². The third kappa shape index (κ3) is 6.14. The molecule has 2 saturated heterocycles. The van der Waals surface area contributed by atoms with Crippen molar-refractivity contribution in [2.24, 2.45) is 0 Å². The monoisotopic (exact) mass is 514 g/mol. The summed E-state index contributed by atoms with van der Waals surface area (Å²) >= 11 is 0. The van der Waals surface area contributed by atoms with Crippen LogP contribution >= 0.6 is 0 Å². The quantitative estimate of drug-likeness (QED) is 0.435. The third-order valence-corrected chi connectivity index (χ3v) is 7.43.